The van der Waals surface area contributed by atoms with Gasteiger partial charge in [-0.25, -0.2) is 4.79 Å². The minimum atomic E-state index is -0.451. The predicted molar refractivity (Wildman–Crippen MR) is 65.1 cm³/mol. The molecule has 1 aromatic heterocycles. The number of hydrogen-bond acceptors (Lipinski definition) is 5. The average molecular weight is 240 g/mol. The van der Waals surface area contributed by atoms with E-state index in [2.05, 4.69) is 24.1 Å². The van der Waals surface area contributed by atoms with Gasteiger partial charge >= 0.3 is 5.97 Å². The number of carbonyl (C=O) groups is 1. The van der Waals surface area contributed by atoms with Gasteiger partial charge in [0.1, 0.15) is 6.26 Å². The molecule has 0 aliphatic rings. The molecule has 1 heterocycles. The average Bonchev–Trinajstić information content (AvgIpc) is 2.77. The van der Waals surface area contributed by atoms with Crippen LogP contribution in [0, 0.1) is 0 Å². The van der Waals surface area contributed by atoms with Gasteiger partial charge in [-0.3, -0.25) is 0 Å². The summed E-state index contributed by atoms with van der Waals surface area (Å²) in [6.45, 7) is 6.32. The fraction of sp³-hybridized carbons (Fsp3) is 0.667. The van der Waals surface area contributed by atoms with Gasteiger partial charge in [0.25, 0.3) is 6.01 Å². The Morgan fingerprint density at radius 1 is 1.53 bits per heavy atom. The summed E-state index contributed by atoms with van der Waals surface area (Å²) < 4.78 is 10.0. The van der Waals surface area contributed by atoms with Crippen LogP contribution in [-0.4, -0.2) is 23.6 Å². The molecule has 1 aromatic rings. The molecule has 1 atom stereocenters. The number of esters is 1. The number of carbonyl (C=O) groups excluding carboxylic acids is 1. The van der Waals surface area contributed by atoms with Crippen molar-refractivity contribution in [2.24, 2.45) is 0 Å². The van der Waals surface area contributed by atoms with Gasteiger partial charge in [-0.05, 0) is 19.8 Å². The zero-order valence-electron chi connectivity index (χ0n) is 10.7. The second-order valence-electron chi connectivity index (χ2n) is 3.80. The number of aromatic nitrogens is 1. The maximum atomic E-state index is 11.4. The number of nitrogens with zero attached hydrogens (tertiary/aromatic N) is 1. The number of oxazole rings is 1. The van der Waals surface area contributed by atoms with Crippen LogP contribution in [0.25, 0.3) is 0 Å². The molecule has 5 nitrogen and oxygen atoms in total. The normalized spacial score (nSPS) is 12.2. The lowest BCUT2D eigenvalue weighted by atomic mass is 10.1. The number of anilines is 1. The quantitative estimate of drug-likeness (QED) is 0.742. The van der Waals surface area contributed by atoms with Crippen LogP contribution < -0.4 is 5.32 Å². The van der Waals surface area contributed by atoms with Crippen molar-refractivity contribution in [1.82, 2.24) is 4.98 Å². The number of rotatable bonds is 7. The lowest BCUT2D eigenvalue weighted by molar-refractivity contribution is 0.0519. The van der Waals surface area contributed by atoms with Crippen LogP contribution in [0.3, 0.4) is 0 Å². The van der Waals surface area contributed by atoms with Crippen molar-refractivity contribution in [3.05, 3.63) is 12.0 Å². The van der Waals surface area contributed by atoms with E-state index in [1.807, 2.05) is 0 Å². The van der Waals surface area contributed by atoms with E-state index < -0.39 is 5.97 Å². The molecule has 17 heavy (non-hydrogen) atoms. The molecule has 0 aliphatic carbocycles. The maximum absolute atomic E-state index is 11.4. The summed E-state index contributed by atoms with van der Waals surface area (Å²) in [5.41, 5.74) is 0.209. The van der Waals surface area contributed by atoms with Crippen molar-refractivity contribution < 1.29 is 13.9 Å². The fourth-order valence-corrected chi connectivity index (χ4v) is 1.54. The first kappa shape index (κ1) is 13.5. The van der Waals surface area contributed by atoms with Crippen LogP contribution in [0.1, 0.15) is 50.5 Å². The van der Waals surface area contributed by atoms with E-state index >= 15 is 0 Å². The van der Waals surface area contributed by atoms with Gasteiger partial charge in [-0.15, -0.1) is 0 Å². The van der Waals surface area contributed by atoms with Crippen LogP contribution in [0.4, 0.5) is 6.01 Å². The van der Waals surface area contributed by atoms with Crippen molar-refractivity contribution >= 4 is 12.0 Å². The van der Waals surface area contributed by atoms with Gasteiger partial charge in [-0.2, -0.15) is 4.98 Å². The molecule has 0 bridgehead atoms. The standard InChI is InChI=1S/C12H20N2O3/c1-4-7-9(5-2)13-12-14-10(8-17-12)11(15)16-6-3/h8-9H,4-7H2,1-3H3,(H,13,14). The van der Waals surface area contributed by atoms with Gasteiger partial charge in [0.2, 0.25) is 0 Å². The van der Waals surface area contributed by atoms with Gasteiger partial charge in [0.05, 0.1) is 6.61 Å². The van der Waals surface area contributed by atoms with Gasteiger partial charge in [0, 0.05) is 6.04 Å². The zero-order chi connectivity index (χ0) is 12.7. The van der Waals surface area contributed by atoms with Gasteiger partial charge < -0.3 is 14.5 Å². The molecule has 1 rings (SSSR count). The third-order valence-electron chi connectivity index (χ3n) is 2.45. The minimum Gasteiger partial charge on any atom is -0.461 e. The maximum Gasteiger partial charge on any atom is 0.360 e. The van der Waals surface area contributed by atoms with Crippen LogP contribution in [-0.2, 0) is 4.74 Å². The number of hydrogen-bond donors (Lipinski definition) is 1. The highest BCUT2D eigenvalue weighted by atomic mass is 16.5. The smallest absolute Gasteiger partial charge is 0.360 e. The van der Waals surface area contributed by atoms with Crippen LogP contribution in [0.5, 0.6) is 0 Å². The molecule has 5 heteroatoms. The Hall–Kier alpha value is -1.52. The van der Waals surface area contributed by atoms with Gasteiger partial charge in [0.15, 0.2) is 5.69 Å². The molecular weight excluding hydrogens is 220 g/mol. The summed E-state index contributed by atoms with van der Waals surface area (Å²) in [5.74, 6) is -0.451. The summed E-state index contributed by atoms with van der Waals surface area (Å²) in [6, 6.07) is 0.710. The first-order valence-corrected chi connectivity index (χ1v) is 6.10. The molecule has 0 aliphatic heterocycles. The van der Waals surface area contributed by atoms with Gasteiger partial charge in [-0.1, -0.05) is 20.3 Å². The summed E-state index contributed by atoms with van der Waals surface area (Å²) in [4.78, 5) is 15.4. The molecule has 0 spiro atoms. The molecule has 0 aromatic carbocycles. The Kier molecular flexibility index (Phi) is 5.52. The summed E-state index contributed by atoms with van der Waals surface area (Å²) >= 11 is 0. The molecule has 0 amide bonds. The van der Waals surface area contributed by atoms with Crippen LogP contribution in [0.2, 0.25) is 0 Å². The van der Waals surface area contributed by atoms with E-state index in [1.54, 1.807) is 6.92 Å². The monoisotopic (exact) mass is 240 g/mol. The SMILES string of the molecule is CCCC(CC)Nc1nc(C(=O)OCC)co1. The molecule has 0 fully saturated rings. The summed E-state index contributed by atoms with van der Waals surface area (Å²) in [7, 11) is 0. The lowest BCUT2D eigenvalue weighted by Gasteiger charge is -2.13. The van der Waals surface area contributed by atoms with Crippen molar-refractivity contribution in [3.63, 3.8) is 0 Å². The van der Waals surface area contributed by atoms with E-state index in [4.69, 9.17) is 9.15 Å². The van der Waals surface area contributed by atoms with Crippen LogP contribution in [0.15, 0.2) is 10.7 Å². The van der Waals surface area contributed by atoms with Crippen molar-refractivity contribution in [2.45, 2.75) is 46.1 Å². The van der Waals surface area contributed by atoms with Crippen molar-refractivity contribution in [1.29, 1.82) is 0 Å². The Morgan fingerprint density at radius 2 is 2.29 bits per heavy atom. The molecular formula is C12H20N2O3. The second-order valence-corrected chi connectivity index (χ2v) is 3.80. The number of ether oxygens (including phenoxy) is 1. The molecule has 1 unspecified atom stereocenters. The predicted octanol–water partition coefficient (Wildman–Crippen LogP) is 2.84. The van der Waals surface area contributed by atoms with E-state index in [9.17, 15) is 4.79 Å². The Bertz CT molecular complexity index is 349. The van der Waals surface area contributed by atoms with Crippen molar-refractivity contribution in [3.8, 4) is 0 Å². The Labute approximate surface area is 102 Å². The van der Waals surface area contributed by atoms with Crippen molar-refractivity contribution in [2.75, 3.05) is 11.9 Å². The zero-order valence-corrected chi connectivity index (χ0v) is 10.7. The van der Waals surface area contributed by atoms with E-state index in [-0.39, 0.29) is 5.69 Å². The highest BCUT2D eigenvalue weighted by molar-refractivity contribution is 5.87. The van der Waals surface area contributed by atoms with E-state index in [0.29, 0.717) is 18.7 Å². The Morgan fingerprint density at radius 3 is 2.88 bits per heavy atom. The highest BCUT2D eigenvalue weighted by Gasteiger charge is 2.14. The van der Waals surface area contributed by atoms with E-state index in [1.165, 1.54) is 6.26 Å². The number of nitrogens with one attached hydrogen (secondary N) is 1. The molecule has 0 saturated carbocycles. The Balaban J connectivity index is 2.58. The van der Waals surface area contributed by atoms with E-state index in [0.717, 1.165) is 19.3 Å². The largest absolute Gasteiger partial charge is 0.461 e. The first-order chi connectivity index (χ1) is 8.21. The molecule has 96 valence electrons. The minimum absolute atomic E-state index is 0.209. The first-order valence-electron chi connectivity index (χ1n) is 6.10. The third-order valence-corrected chi connectivity index (χ3v) is 2.45. The highest BCUT2D eigenvalue weighted by Crippen LogP contribution is 2.13. The third kappa shape index (κ3) is 4.09. The topological polar surface area (TPSA) is 64.4 Å². The molecule has 0 saturated heterocycles. The van der Waals surface area contributed by atoms with Crippen LogP contribution >= 0.6 is 0 Å². The lowest BCUT2D eigenvalue weighted by Crippen LogP contribution is -2.18. The molecule has 1 N–H and O–H groups in total. The summed E-state index contributed by atoms with van der Waals surface area (Å²) in [6.07, 6.45) is 4.45. The molecule has 0 radical (unpaired) electrons. The summed E-state index contributed by atoms with van der Waals surface area (Å²) in [5, 5.41) is 3.16. The fourth-order valence-electron chi connectivity index (χ4n) is 1.54. The second kappa shape index (κ2) is 6.93.